The Balaban J connectivity index is 2.16. The maximum absolute atomic E-state index is 6.40. The predicted octanol–water partition coefficient (Wildman–Crippen LogP) is 1.44. The third-order valence-corrected chi connectivity index (χ3v) is 7.85. The van der Waals surface area contributed by atoms with E-state index in [1.165, 1.54) is 0 Å². The summed E-state index contributed by atoms with van der Waals surface area (Å²) >= 11 is 0. The van der Waals surface area contributed by atoms with E-state index in [4.69, 9.17) is 73.4 Å². The Morgan fingerprint density at radius 1 is 0.439 bits per heavy atom. The van der Waals surface area contributed by atoms with Crippen LogP contribution in [0.4, 0.5) is 45.5 Å². The van der Waals surface area contributed by atoms with Gasteiger partial charge in [-0.05, 0) is 46.6 Å². The summed E-state index contributed by atoms with van der Waals surface area (Å²) in [5.74, 6) is 6.22. The van der Waals surface area contributed by atoms with E-state index in [-0.39, 0.29) is 45.5 Å². The molecule has 0 saturated carbocycles. The first-order valence-electron chi connectivity index (χ1n) is 11.9. The molecule has 208 valence electrons. The van der Waals surface area contributed by atoms with Gasteiger partial charge >= 0.3 is 0 Å². The van der Waals surface area contributed by atoms with Crippen LogP contribution >= 0.6 is 15.9 Å². The fraction of sp³-hybridized carbons (Fsp3) is 0. The second kappa shape index (κ2) is 9.46. The SMILES string of the molecule is Nc1c(N)c(N)c2cc3c(C#C[P+](N)(N)N)c4cc5c(N)c(N)c(N)c(N)c5cc4c(C#CP(N)N)c3cc2c1N. The highest BCUT2D eigenvalue weighted by atomic mass is 31.2. The molecule has 0 atom stereocenters. The lowest BCUT2D eigenvalue weighted by Gasteiger charge is -2.18. The van der Waals surface area contributed by atoms with Gasteiger partial charge in [0.05, 0.1) is 45.5 Å². The zero-order valence-corrected chi connectivity index (χ0v) is 23.5. The molecule has 5 aromatic carbocycles. The number of hydrogen-bond donors (Lipinski definition) is 13. The average Bonchev–Trinajstić information content (AvgIpc) is 2.92. The molecule has 0 amide bonds. The lowest BCUT2D eigenvalue weighted by molar-refractivity contribution is 1.64. The standard InChI is InChI=1S/C26H30N13P2/c27-19-15-5-11-9(1-3-40(35)36)12-6-16-18(22(30)26(34)24(32)20(16)28)8-14(12)10(2-4-41(37,38)39)13(11)7-17(15)21(29)25(33)23(19)31/h5-8H,27-39H2/q+1. The van der Waals surface area contributed by atoms with Gasteiger partial charge in [-0.3, -0.25) is 11.0 Å². The quantitative estimate of drug-likeness (QED) is 0.0529. The van der Waals surface area contributed by atoms with E-state index in [1.54, 1.807) is 12.1 Å². The van der Waals surface area contributed by atoms with Crippen molar-refractivity contribution >= 4 is 105 Å². The Kier molecular flexibility index (Phi) is 6.43. The van der Waals surface area contributed by atoms with E-state index in [1.807, 2.05) is 12.1 Å². The topological polar surface area (TPSA) is 338 Å². The molecule has 0 unspecified atom stereocenters. The van der Waals surface area contributed by atoms with Gasteiger partial charge in [0.15, 0.2) is 0 Å². The minimum atomic E-state index is -3.02. The molecular formula is C26H30N13P2+. The third kappa shape index (κ3) is 4.41. The highest BCUT2D eigenvalue weighted by molar-refractivity contribution is 7.74. The third-order valence-electron chi connectivity index (χ3n) is 6.98. The fourth-order valence-corrected chi connectivity index (χ4v) is 5.46. The van der Waals surface area contributed by atoms with Crippen molar-refractivity contribution < 1.29 is 0 Å². The molecule has 0 saturated heterocycles. The van der Waals surface area contributed by atoms with Gasteiger partial charge < -0.3 is 45.9 Å². The van der Waals surface area contributed by atoms with E-state index >= 15 is 0 Å². The first-order valence-corrected chi connectivity index (χ1v) is 15.3. The van der Waals surface area contributed by atoms with Gasteiger partial charge in [0.2, 0.25) is 0 Å². The number of hydrogen-bond acceptors (Lipinski definition) is 13. The van der Waals surface area contributed by atoms with Crippen LogP contribution < -0.4 is 73.4 Å². The molecule has 15 heteroatoms. The van der Waals surface area contributed by atoms with Crippen molar-refractivity contribution in [3.8, 4) is 23.2 Å². The normalized spacial score (nSPS) is 11.7. The van der Waals surface area contributed by atoms with Crippen LogP contribution in [0.2, 0.25) is 0 Å². The monoisotopic (exact) mass is 586 g/mol. The first kappa shape index (κ1) is 27.9. The second-order valence-corrected chi connectivity index (χ2v) is 12.6. The van der Waals surface area contributed by atoms with E-state index in [0.717, 1.165) is 0 Å². The summed E-state index contributed by atoms with van der Waals surface area (Å²) in [5.41, 5.74) is 88.3. The van der Waals surface area contributed by atoms with Crippen LogP contribution in [0.3, 0.4) is 0 Å². The summed E-state index contributed by atoms with van der Waals surface area (Å²) < 4.78 is 0. The molecule has 0 aliphatic rings. The lowest BCUT2D eigenvalue weighted by Crippen LogP contribution is -2.19. The van der Waals surface area contributed by atoms with E-state index < -0.39 is 15.9 Å². The second-order valence-electron chi connectivity index (χ2n) is 9.66. The molecular weight excluding hydrogens is 556 g/mol. The molecule has 5 aromatic rings. The Morgan fingerprint density at radius 3 is 1.00 bits per heavy atom. The molecule has 5 rings (SSSR count). The number of fused-ring (bicyclic) bond motifs is 4. The van der Waals surface area contributed by atoms with Crippen LogP contribution in [-0.2, 0) is 0 Å². The van der Waals surface area contributed by atoms with Crippen molar-refractivity contribution in [1.29, 1.82) is 0 Å². The van der Waals surface area contributed by atoms with Crippen LogP contribution in [0.1, 0.15) is 11.1 Å². The molecule has 0 bridgehead atoms. The fourth-order valence-electron chi connectivity index (χ4n) is 4.91. The van der Waals surface area contributed by atoms with Gasteiger partial charge in [0.1, 0.15) is 13.9 Å². The van der Waals surface area contributed by atoms with Crippen LogP contribution in [0, 0.1) is 23.2 Å². The van der Waals surface area contributed by atoms with E-state index in [9.17, 15) is 0 Å². The Morgan fingerprint density at radius 2 is 0.732 bits per heavy atom. The molecule has 0 radical (unpaired) electrons. The summed E-state index contributed by atoms with van der Waals surface area (Å²) in [5, 5.41) is 4.75. The molecule has 0 aliphatic heterocycles. The van der Waals surface area contributed by atoms with E-state index in [0.29, 0.717) is 54.2 Å². The maximum atomic E-state index is 6.40. The van der Waals surface area contributed by atoms with Crippen LogP contribution in [0.15, 0.2) is 24.3 Å². The van der Waals surface area contributed by atoms with Gasteiger partial charge in [-0.2, -0.15) is 16.5 Å². The van der Waals surface area contributed by atoms with Gasteiger partial charge in [-0.15, -0.1) is 0 Å². The number of nitrogen functional groups attached to an aromatic ring is 8. The van der Waals surface area contributed by atoms with Gasteiger partial charge in [0, 0.05) is 43.4 Å². The summed E-state index contributed by atoms with van der Waals surface area (Å²) in [6.45, 7) is 0. The minimum absolute atomic E-state index is 0.165. The van der Waals surface area contributed by atoms with Crippen LogP contribution in [-0.4, -0.2) is 0 Å². The Hall–Kier alpha value is -4.68. The van der Waals surface area contributed by atoms with Crippen molar-refractivity contribution in [2.75, 3.05) is 45.9 Å². The Bertz CT molecular complexity index is 1990. The number of nitrogens with two attached hydrogens (primary N) is 13. The summed E-state index contributed by atoms with van der Waals surface area (Å²) in [6, 6.07) is 7.23. The predicted molar refractivity (Wildman–Crippen MR) is 180 cm³/mol. The van der Waals surface area contributed by atoms with Crippen molar-refractivity contribution in [2.45, 2.75) is 0 Å². The number of anilines is 8. The van der Waals surface area contributed by atoms with Crippen LogP contribution in [0.5, 0.6) is 0 Å². The minimum Gasteiger partial charge on any atom is -0.396 e. The Labute approximate surface area is 236 Å². The zero-order chi connectivity index (χ0) is 30.1. The highest BCUT2D eigenvalue weighted by Gasteiger charge is 2.22. The molecule has 0 heterocycles. The molecule has 26 N–H and O–H groups in total. The molecule has 41 heavy (non-hydrogen) atoms. The first-order chi connectivity index (χ1) is 19.1. The van der Waals surface area contributed by atoms with Crippen molar-refractivity contribution in [1.82, 2.24) is 0 Å². The molecule has 0 fully saturated rings. The maximum Gasteiger partial charge on any atom is 0.293 e. The lowest BCUT2D eigenvalue weighted by atomic mass is 9.87. The van der Waals surface area contributed by atoms with E-state index in [2.05, 4.69) is 23.2 Å². The highest BCUT2D eigenvalue weighted by Crippen LogP contribution is 2.46. The molecule has 0 aromatic heterocycles. The molecule has 0 spiro atoms. The largest absolute Gasteiger partial charge is 0.396 e. The van der Waals surface area contributed by atoms with Crippen molar-refractivity contribution in [3.05, 3.63) is 35.4 Å². The van der Waals surface area contributed by atoms with Gasteiger partial charge in [0.25, 0.3) is 7.71 Å². The van der Waals surface area contributed by atoms with Crippen molar-refractivity contribution in [2.24, 2.45) is 27.5 Å². The van der Waals surface area contributed by atoms with Gasteiger partial charge in [-0.1, -0.05) is 5.92 Å². The summed E-state index contributed by atoms with van der Waals surface area (Å²) in [6.07, 6.45) is 0. The van der Waals surface area contributed by atoms with Crippen molar-refractivity contribution in [3.63, 3.8) is 0 Å². The molecule has 13 nitrogen and oxygen atoms in total. The number of rotatable bonds is 0. The summed E-state index contributed by atoms with van der Waals surface area (Å²) in [7, 11) is -4.59. The zero-order valence-electron chi connectivity index (χ0n) is 21.7. The number of benzene rings is 5. The average molecular weight is 587 g/mol. The van der Waals surface area contributed by atoms with Gasteiger partial charge in [-0.25, -0.2) is 0 Å². The summed E-state index contributed by atoms with van der Waals surface area (Å²) in [4.78, 5) is 0. The molecule has 0 aliphatic carbocycles. The smallest absolute Gasteiger partial charge is 0.293 e. The van der Waals surface area contributed by atoms with Crippen LogP contribution in [0.25, 0.3) is 43.1 Å².